The molecule has 1 aliphatic heterocycles. The number of hydrogen-bond donors (Lipinski definition) is 1. The van der Waals surface area contributed by atoms with Crippen molar-refractivity contribution in [3.8, 4) is 0 Å². The number of piperazine rings is 1. The van der Waals surface area contributed by atoms with Gasteiger partial charge in [0, 0.05) is 25.8 Å². The summed E-state index contributed by atoms with van der Waals surface area (Å²) >= 11 is 0. The zero-order valence-corrected chi connectivity index (χ0v) is 12.8. The van der Waals surface area contributed by atoms with Crippen molar-refractivity contribution in [2.24, 2.45) is 0 Å². The molecule has 1 fully saturated rings. The molecule has 7 heteroatoms. The number of nitrogens with one attached hydrogen (secondary N) is 1. The van der Waals surface area contributed by atoms with Crippen molar-refractivity contribution in [3.05, 3.63) is 65.5 Å². The molecule has 1 saturated heterocycles. The van der Waals surface area contributed by atoms with Crippen LogP contribution in [0.3, 0.4) is 0 Å². The third kappa shape index (κ3) is 3.41. The van der Waals surface area contributed by atoms with E-state index < -0.39 is 23.7 Å². The smallest absolute Gasteiger partial charge is 0.353 e. The zero-order chi connectivity index (χ0) is 17.2. The highest BCUT2D eigenvalue weighted by Crippen LogP contribution is 2.37. The van der Waals surface area contributed by atoms with Gasteiger partial charge < -0.3 is 5.32 Å². The van der Waals surface area contributed by atoms with Gasteiger partial charge in [-0.15, -0.1) is 0 Å². The quantitative estimate of drug-likeness (QED) is 0.938. The van der Waals surface area contributed by atoms with Gasteiger partial charge in [0.05, 0.1) is 11.3 Å². The van der Waals surface area contributed by atoms with Crippen LogP contribution in [0.1, 0.15) is 22.9 Å². The number of pyridine rings is 1. The second-order valence-corrected chi connectivity index (χ2v) is 5.57. The van der Waals surface area contributed by atoms with Crippen molar-refractivity contribution in [2.45, 2.75) is 18.8 Å². The van der Waals surface area contributed by atoms with Crippen LogP contribution in [-0.2, 0) is 17.5 Å². The Balaban J connectivity index is 1.98. The van der Waals surface area contributed by atoms with Gasteiger partial charge in [-0.25, -0.2) is 0 Å². The van der Waals surface area contributed by atoms with Crippen molar-refractivity contribution in [2.75, 3.05) is 13.1 Å². The zero-order valence-electron chi connectivity index (χ0n) is 12.8. The molecule has 0 saturated carbocycles. The van der Waals surface area contributed by atoms with Crippen LogP contribution < -0.4 is 5.32 Å². The molecular weight excluding hydrogens is 319 g/mol. The predicted molar refractivity (Wildman–Crippen MR) is 81.8 cm³/mol. The lowest BCUT2D eigenvalue weighted by Crippen LogP contribution is -2.50. The standard InChI is InChI=1S/C17H16F3N3O/c18-17(19,20)14-7-2-1-6-13(14)15-16(24)22-9-10-23(15)11-12-5-3-4-8-21-12/h1-8,15H,9-11H2,(H,22,24). The number of hydrogen-bond acceptors (Lipinski definition) is 3. The Hall–Kier alpha value is -2.41. The van der Waals surface area contributed by atoms with E-state index in [1.54, 1.807) is 23.2 Å². The van der Waals surface area contributed by atoms with Crippen LogP contribution in [0.25, 0.3) is 0 Å². The van der Waals surface area contributed by atoms with Crippen LogP contribution in [0.5, 0.6) is 0 Å². The highest BCUT2D eigenvalue weighted by molar-refractivity contribution is 5.84. The summed E-state index contributed by atoms with van der Waals surface area (Å²) in [5.74, 6) is -0.422. The first kappa shape index (κ1) is 16.4. The van der Waals surface area contributed by atoms with Gasteiger partial charge in [0.2, 0.25) is 5.91 Å². The number of nitrogens with zero attached hydrogens (tertiary/aromatic N) is 2. The first-order chi connectivity index (χ1) is 11.5. The number of benzene rings is 1. The molecule has 3 rings (SSSR count). The molecule has 0 spiro atoms. The molecule has 1 aromatic carbocycles. The molecule has 0 aliphatic carbocycles. The third-order valence-electron chi connectivity index (χ3n) is 3.96. The Morgan fingerprint density at radius 1 is 1.17 bits per heavy atom. The van der Waals surface area contributed by atoms with Gasteiger partial charge in [-0.2, -0.15) is 13.2 Å². The number of aromatic nitrogens is 1. The molecule has 4 nitrogen and oxygen atoms in total. The SMILES string of the molecule is O=C1NCCN(Cc2ccccn2)C1c1ccccc1C(F)(F)F. The summed E-state index contributed by atoms with van der Waals surface area (Å²) in [6, 6.07) is 9.60. The van der Waals surface area contributed by atoms with Crippen molar-refractivity contribution in [3.63, 3.8) is 0 Å². The van der Waals surface area contributed by atoms with Crippen LogP contribution in [0, 0.1) is 0 Å². The summed E-state index contributed by atoms with van der Waals surface area (Å²) in [4.78, 5) is 18.3. The Morgan fingerprint density at radius 2 is 1.92 bits per heavy atom. The van der Waals surface area contributed by atoms with Gasteiger partial charge >= 0.3 is 6.18 Å². The Morgan fingerprint density at radius 3 is 2.62 bits per heavy atom. The molecule has 0 radical (unpaired) electrons. The molecule has 1 N–H and O–H groups in total. The second kappa shape index (κ2) is 6.60. The molecule has 0 bridgehead atoms. The van der Waals surface area contributed by atoms with Crippen LogP contribution in [0.4, 0.5) is 13.2 Å². The Bertz CT molecular complexity index is 719. The Labute approximate surface area is 137 Å². The highest BCUT2D eigenvalue weighted by atomic mass is 19.4. The topological polar surface area (TPSA) is 45.2 Å². The van der Waals surface area contributed by atoms with E-state index in [4.69, 9.17) is 0 Å². The predicted octanol–water partition coefficient (Wildman–Crippen LogP) is 2.77. The number of amides is 1. The summed E-state index contributed by atoms with van der Waals surface area (Å²) in [6.45, 7) is 1.17. The molecule has 1 unspecified atom stereocenters. The van der Waals surface area contributed by atoms with Crippen molar-refractivity contribution < 1.29 is 18.0 Å². The van der Waals surface area contributed by atoms with E-state index in [1.807, 2.05) is 6.07 Å². The van der Waals surface area contributed by atoms with Crippen molar-refractivity contribution in [1.29, 1.82) is 0 Å². The van der Waals surface area contributed by atoms with E-state index in [1.165, 1.54) is 18.2 Å². The van der Waals surface area contributed by atoms with Gasteiger partial charge in [-0.05, 0) is 23.8 Å². The molecule has 1 aromatic heterocycles. The maximum Gasteiger partial charge on any atom is 0.416 e. The number of carbonyl (C=O) groups is 1. The van der Waals surface area contributed by atoms with Gasteiger partial charge in [0.25, 0.3) is 0 Å². The molecule has 2 aromatic rings. The van der Waals surface area contributed by atoms with Gasteiger partial charge in [-0.1, -0.05) is 24.3 Å². The lowest BCUT2D eigenvalue weighted by atomic mass is 9.96. The lowest BCUT2D eigenvalue weighted by molar-refractivity contribution is -0.140. The van der Waals surface area contributed by atoms with E-state index in [0.29, 0.717) is 25.3 Å². The van der Waals surface area contributed by atoms with Crippen molar-refractivity contribution >= 4 is 5.91 Å². The first-order valence-corrected chi connectivity index (χ1v) is 7.54. The number of halogens is 3. The summed E-state index contributed by atoms with van der Waals surface area (Å²) < 4.78 is 40.0. The number of carbonyl (C=O) groups excluding carboxylic acids is 1. The summed E-state index contributed by atoms with van der Waals surface area (Å²) in [6.07, 6.45) is -2.89. The summed E-state index contributed by atoms with van der Waals surface area (Å²) in [5.41, 5.74) is -0.0992. The minimum absolute atomic E-state index is 0.0295. The minimum atomic E-state index is -4.51. The normalized spacial score (nSPS) is 19.1. The van der Waals surface area contributed by atoms with E-state index in [9.17, 15) is 18.0 Å². The van der Waals surface area contributed by atoms with Crippen molar-refractivity contribution in [1.82, 2.24) is 15.2 Å². The van der Waals surface area contributed by atoms with E-state index >= 15 is 0 Å². The van der Waals surface area contributed by atoms with Crippen LogP contribution >= 0.6 is 0 Å². The average molecular weight is 335 g/mol. The fraction of sp³-hybridized carbons (Fsp3) is 0.294. The fourth-order valence-corrected chi connectivity index (χ4v) is 2.92. The third-order valence-corrected chi connectivity index (χ3v) is 3.96. The van der Waals surface area contributed by atoms with Gasteiger partial charge in [0.1, 0.15) is 6.04 Å². The molecule has 2 heterocycles. The highest BCUT2D eigenvalue weighted by Gasteiger charge is 2.40. The van der Waals surface area contributed by atoms with Crippen LogP contribution in [0.15, 0.2) is 48.7 Å². The van der Waals surface area contributed by atoms with Gasteiger partial charge in [-0.3, -0.25) is 14.7 Å². The lowest BCUT2D eigenvalue weighted by Gasteiger charge is -2.36. The molecule has 1 atom stereocenters. The average Bonchev–Trinajstić information content (AvgIpc) is 2.55. The van der Waals surface area contributed by atoms with E-state index in [0.717, 1.165) is 6.07 Å². The first-order valence-electron chi connectivity index (χ1n) is 7.54. The maximum atomic E-state index is 13.3. The second-order valence-electron chi connectivity index (χ2n) is 5.57. The minimum Gasteiger partial charge on any atom is -0.353 e. The summed E-state index contributed by atoms with van der Waals surface area (Å²) in [5, 5.41) is 2.66. The van der Waals surface area contributed by atoms with Gasteiger partial charge in [0.15, 0.2) is 0 Å². The molecule has 24 heavy (non-hydrogen) atoms. The molecule has 126 valence electrons. The van der Waals surface area contributed by atoms with E-state index in [-0.39, 0.29) is 5.56 Å². The number of rotatable bonds is 3. The molecule has 1 amide bonds. The fourth-order valence-electron chi connectivity index (χ4n) is 2.92. The van der Waals surface area contributed by atoms with Crippen LogP contribution in [-0.4, -0.2) is 28.9 Å². The molecular formula is C17H16F3N3O. The largest absolute Gasteiger partial charge is 0.416 e. The van der Waals surface area contributed by atoms with Crippen LogP contribution in [0.2, 0.25) is 0 Å². The maximum absolute atomic E-state index is 13.3. The molecule has 1 aliphatic rings. The monoisotopic (exact) mass is 335 g/mol. The number of alkyl halides is 3. The van der Waals surface area contributed by atoms with E-state index in [2.05, 4.69) is 10.3 Å². The Kier molecular flexibility index (Phi) is 4.53. The summed E-state index contributed by atoms with van der Waals surface area (Å²) in [7, 11) is 0.